The molecular formula is C21H15F3N6. The van der Waals surface area contributed by atoms with E-state index in [-0.39, 0.29) is 12.4 Å². The smallest absolute Gasteiger partial charge is 0.145 e. The van der Waals surface area contributed by atoms with E-state index in [1.165, 1.54) is 29.2 Å². The van der Waals surface area contributed by atoms with Crippen molar-refractivity contribution in [3.05, 3.63) is 72.1 Å². The zero-order valence-electron chi connectivity index (χ0n) is 15.8. The maximum absolute atomic E-state index is 15.0. The van der Waals surface area contributed by atoms with Gasteiger partial charge >= 0.3 is 0 Å². The fourth-order valence-corrected chi connectivity index (χ4v) is 3.71. The molecule has 0 bridgehead atoms. The Bertz CT molecular complexity index is 1420. The van der Waals surface area contributed by atoms with Gasteiger partial charge in [-0.05, 0) is 23.8 Å². The van der Waals surface area contributed by atoms with Crippen molar-refractivity contribution in [2.24, 2.45) is 7.05 Å². The maximum atomic E-state index is 15.0. The summed E-state index contributed by atoms with van der Waals surface area (Å²) >= 11 is 0. The molecule has 0 spiro atoms. The number of nitrogens with two attached hydrogens (primary N) is 1. The second-order valence-corrected chi connectivity index (χ2v) is 7.11. The number of aromatic nitrogens is 5. The van der Waals surface area contributed by atoms with Crippen molar-refractivity contribution in [1.29, 1.82) is 0 Å². The van der Waals surface area contributed by atoms with Crippen molar-refractivity contribution < 1.29 is 13.2 Å². The summed E-state index contributed by atoms with van der Waals surface area (Å²) < 4.78 is 45.2. The number of anilines is 1. The number of fused-ring (bicyclic) bond motifs is 2. The Balaban J connectivity index is 1.61. The maximum Gasteiger partial charge on any atom is 0.145 e. The van der Waals surface area contributed by atoms with Gasteiger partial charge in [0.2, 0.25) is 0 Å². The Kier molecular flexibility index (Phi) is 3.99. The number of nitrogens with zero attached hydrogens (tertiary/aromatic N) is 5. The molecule has 0 saturated heterocycles. The molecule has 2 aromatic carbocycles. The van der Waals surface area contributed by atoms with E-state index in [1.807, 2.05) is 0 Å². The Hall–Kier alpha value is -3.88. The topological polar surface area (TPSA) is 74.5 Å². The Morgan fingerprint density at radius 1 is 0.933 bits per heavy atom. The third kappa shape index (κ3) is 2.95. The second-order valence-electron chi connectivity index (χ2n) is 7.11. The summed E-state index contributed by atoms with van der Waals surface area (Å²) in [6.07, 6.45) is 4.81. The van der Waals surface area contributed by atoms with Gasteiger partial charge in [-0.15, -0.1) is 0 Å². The molecule has 30 heavy (non-hydrogen) atoms. The van der Waals surface area contributed by atoms with Crippen LogP contribution >= 0.6 is 0 Å². The van der Waals surface area contributed by atoms with Crippen molar-refractivity contribution in [2.75, 3.05) is 5.73 Å². The average molecular weight is 408 g/mol. The predicted molar refractivity (Wildman–Crippen MR) is 107 cm³/mol. The number of halogens is 3. The van der Waals surface area contributed by atoms with Gasteiger partial charge in [0.15, 0.2) is 0 Å². The molecule has 2 N–H and O–H groups in total. The van der Waals surface area contributed by atoms with Crippen LogP contribution in [0.25, 0.3) is 33.1 Å². The molecule has 0 aliphatic heterocycles. The minimum Gasteiger partial charge on any atom is -0.383 e. The van der Waals surface area contributed by atoms with E-state index in [4.69, 9.17) is 5.73 Å². The number of rotatable bonds is 3. The van der Waals surface area contributed by atoms with Crippen LogP contribution in [0.15, 0.2) is 49.1 Å². The van der Waals surface area contributed by atoms with Crippen LogP contribution in [0.4, 0.5) is 19.0 Å². The molecule has 0 aliphatic rings. The zero-order chi connectivity index (χ0) is 21.0. The highest BCUT2D eigenvalue weighted by Gasteiger charge is 2.18. The summed E-state index contributed by atoms with van der Waals surface area (Å²) in [5.74, 6) is -1.53. The van der Waals surface area contributed by atoms with E-state index < -0.39 is 17.5 Å². The van der Waals surface area contributed by atoms with Gasteiger partial charge in [-0.25, -0.2) is 23.1 Å². The molecule has 6 nitrogen and oxygen atoms in total. The summed E-state index contributed by atoms with van der Waals surface area (Å²) in [6, 6.07) is 6.28. The molecule has 5 rings (SSSR count). The van der Waals surface area contributed by atoms with E-state index in [9.17, 15) is 13.2 Å². The summed E-state index contributed by atoms with van der Waals surface area (Å²) in [7, 11) is 1.80. The van der Waals surface area contributed by atoms with Gasteiger partial charge in [0.1, 0.15) is 35.2 Å². The predicted octanol–water partition coefficient (Wildman–Crippen LogP) is 4.03. The van der Waals surface area contributed by atoms with Crippen LogP contribution in [0, 0.1) is 17.5 Å². The van der Waals surface area contributed by atoms with Crippen LogP contribution in [0.2, 0.25) is 0 Å². The third-order valence-corrected chi connectivity index (χ3v) is 4.98. The highest BCUT2D eigenvalue weighted by atomic mass is 19.1. The van der Waals surface area contributed by atoms with Crippen molar-refractivity contribution >= 4 is 27.8 Å². The summed E-state index contributed by atoms with van der Waals surface area (Å²) in [5.41, 5.74) is 8.38. The normalized spacial score (nSPS) is 11.6. The summed E-state index contributed by atoms with van der Waals surface area (Å²) in [4.78, 5) is 8.23. The van der Waals surface area contributed by atoms with Gasteiger partial charge in [0.05, 0.1) is 17.4 Å². The second kappa shape index (κ2) is 6.58. The average Bonchev–Trinajstić information content (AvgIpc) is 3.21. The van der Waals surface area contributed by atoms with Crippen LogP contribution in [0.5, 0.6) is 0 Å². The van der Waals surface area contributed by atoms with E-state index in [0.717, 1.165) is 6.07 Å². The minimum atomic E-state index is -0.661. The van der Waals surface area contributed by atoms with Crippen LogP contribution in [0.3, 0.4) is 0 Å². The van der Waals surface area contributed by atoms with Crippen LogP contribution in [0.1, 0.15) is 5.56 Å². The number of nitrogen functional groups attached to an aromatic ring is 1. The molecule has 0 unspecified atom stereocenters. The zero-order valence-corrected chi connectivity index (χ0v) is 15.8. The Morgan fingerprint density at radius 3 is 2.47 bits per heavy atom. The van der Waals surface area contributed by atoms with E-state index in [2.05, 4.69) is 15.1 Å². The first-order chi connectivity index (χ1) is 14.4. The molecule has 0 atom stereocenters. The van der Waals surface area contributed by atoms with Crippen LogP contribution < -0.4 is 5.73 Å². The van der Waals surface area contributed by atoms with Gasteiger partial charge in [-0.1, -0.05) is 0 Å². The van der Waals surface area contributed by atoms with Gasteiger partial charge < -0.3 is 10.3 Å². The van der Waals surface area contributed by atoms with Gasteiger partial charge in [-0.3, -0.25) is 4.68 Å². The van der Waals surface area contributed by atoms with E-state index >= 15 is 0 Å². The van der Waals surface area contributed by atoms with Gasteiger partial charge in [0.25, 0.3) is 0 Å². The highest BCUT2D eigenvalue weighted by Crippen LogP contribution is 2.35. The molecule has 3 heterocycles. The number of aryl methyl sites for hydroxylation is 1. The fourth-order valence-electron chi connectivity index (χ4n) is 3.71. The molecular weight excluding hydrogens is 393 g/mol. The lowest BCUT2D eigenvalue weighted by Gasteiger charge is -2.03. The number of benzene rings is 2. The van der Waals surface area contributed by atoms with Crippen molar-refractivity contribution in [2.45, 2.75) is 6.54 Å². The molecule has 3 aromatic heterocycles. The fraction of sp³-hybridized carbons (Fsp3) is 0.0952. The first-order valence-corrected chi connectivity index (χ1v) is 9.06. The Morgan fingerprint density at radius 2 is 1.70 bits per heavy atom. The lowest BCUT2D eigenvalue weighted by molar-refractivity contribution is 0.575. The summed E-state index contributed by atoms with van der Waals surface area (Å²) in [6.45, 7) is 0.148. The number of hydrogen-bond donors (Lipinski definition) is 1. The van der Waals surface area contributed by atoms with Crippen LogP contribution in [-0.2, 0) is 13.6 Å². The van der Waals surface area contributed by atoms with Crippen molar-refractivity contribution in [3.8, 4) is 11.1 Å². The van der Waals surface area contributed by atoms with E-state index in [1.54, 1.807) is 30.1 Å². The van der Waals surface area contributed by atoms with E-state index in [0.29, 0.717) is 38.6 Å². The largest absolute Gasteiger partial charge is 0.383 e. The third-order valence-electron chi connectivity index (χ3n) is 4.98. The standard InChI is InChI=1S/C21H15F3N6/c1-29-9-16(19-20(25)26-10-27-21(19)29)15-4-12-8-30(28-18(12)6-17(15)24)7-11-2-13(22)5-14(23)3-11/h2-6,8-10H,7H2,1H3,(H2,25,26,27). The quantitative estimate of drug-likeness (QED) is 0.489. The molecule has 0 amide bonds. The minimum absolute atomic E-state index is 0.148. The molecule has 0 saturated carbocycles. The molecule has 0 radical (unpaired) electrons. The lowest BCUT2D eigenvalue weighted by Crippen LogP contribution is -2.01. The Labute approximate surface area is 168 Å². The monoisotopic (exact) mass is 408 g/mol. The molecule has 0 fully saturated rings. The molecule has 0 aliphatic carbocycles. The summed E-state index contributed by atoms with van der Waals surface area (Å²) in [5, 5.41) is 5.57. The van der Waals surface area contributed by atoms with Crippen molar-refractivity contribution in [1.82, 2.24) is 24.3 Å². The van der Waals surface area contributed by atoms with Gasteiger partial charge in [0, 0.05) is 48.1 Å². The number of hydrogen-bond acceptors (Lipinski definition) is 4. The SMILES string of the molecule is Cn1cc(-c2cc3cn(Cc4cc(F)cc(F)c4)nc3cc2F)c2c(N)ncnc21. The lowest BCUT2D eigenvalue weighted by atomic mass is 10.0. The molecule has 150 valence electrons. The van der Waals surface area contributed by atoms with Crippen LogP contribution in [-0.4, -0.2) is 24.3 Å². The first kappa shape index (κ1) is 18.2. The van der Waals surface area contributed by atoms with Gasteiger partial charge in [-0.2, -0.15) is 5.10 Å². The van der Waals surface area contributed by atoms with Crippen molar-refractivity contribution in [3.63, 3.8) is 0 Å². The molecule has 9 heteroatoms. The highest BCUT2D eigenvalue weighted by molar-refractivity contribution is 6.02. The molecule has 5 aromatic rings. The first-order valence-electron chi connectivity index (χ1n) is 9.06.